The zero-order chi connectivity index (χ0) is 26.8. The normalized spacial score (nSPS) is 11.1. The van der Waals surface area contributed by atoms with E-state index in [2.05, 4.69) is 5.32 Å². The molecular formula is C31H23N3O3S2. The molecule has 2 heterocycles. The first-order valence-corrected chi connectivity index (χ1v) is 14.1. The first-order chi connectivity index (χ1) is 19.1. The molecule has 6 nitrogen and oxygen atoms in total. The minimum atomic E-state index is -0.172. The Kier molecular flexibility index (Phi) is 6.87. The van der Waals surface area contributed by atoms with Gasteiger partial charge in [-0.05, 0) is 52.7 Å². The first kappa shape index (κ1) is 24.9. The van der Waals surface area contributed by atoms with Gasteiger partial charge >= 0.3 is 0 Å². The zero-order valence-corrected chi connectivity index (χ0v) is 22.6. The van der Waals surface area contributed by atoms with Crippen molar-refractivity contribution in [2.24, 2.45) is 0 Å². The lowest BCUT2D eigenvalue weighted by molar-refractivity contribution is -0.113. The molecule has 0 radical (unpaired) electrons. The maximum atomic E-state index is 14.0. The molecule has 0 aliphatic heterocycles. The fourth-order valence-electron chi connectivity index (χ4n) is 4.45. The molecule has 6 rings (SSSR count). The Morgan fingerprint density at radius 1 is 0.949 bits per heavy atom. The SMILES string of the molecule is COc1ccc(-c2csc3nc(SCC(=O)Nc4ccc5ccccc5c4)n(-c4ccccc4)c(=O)c23)cc1. The maximum Gasteiger partial charge on any atom is 0.268 e. The Balaban J connectivity index is 1.33. The standard InChI is InChI=1S/C31H23N3O3S2/c1-37-25-15-12-21(13-16-25)26-18-38-29-28(26)30(36)34(24-9-3-2-4-10-24)31(33-29)39-19-27(35)32-23-14-11-20-7-5-6-8-22(20)17-23/h2-18H,19H2,1H3,(H,32,35). The van der Waals surface area contributed by atoms with E-state index in [9.17, 15) is 9.59 Å². The molecule has 8 heteroatoms. The summed E-state index contributed by atoms with van der Waals surface area (Å²) in [6, 6.07) is 30.9. The fourth-order valence-corrected chi connectivity index (χ4v) is 6.25. The lowest BCUT2D eigenvalue weighted by Gasteiger charge is -2.13. The first-order valence-electron chi connectivity index (χ1n) is 12.3. The van der Waals surface area contributed by atoms with Crippen LogP contribution in [0.15, 0.2) is 112 Å². The molecule has 0 aliphatic rings. The van der Waals surface area contributed by atoms with Crippen molar-refractivity contribution in [2.75, 3.05) is 18.2 Å². The predicted molar refractivity (Wildman–Crippen MR) is 161 cm³/mol. The van der Waals surface area contributed by atoms with Gasteiger partial charge in [-0.2, -0.15) is 0 Å². The van der Waals surface area contributed by atoms with E-state index in [0.29, 0.717) is 21.1 Å². The van der Waals surface area contributed by atoms with Crippen LogP contribution in [0.3, 0.4) is 0 Å². The smallest absolute Gasteiger partial charge is 0.268 e. The Bertz CT molecular complexity index is 1860. The number of carbonyl (C=O) groups excluding carboxylic acids is 1. The van der Waals surface area contributed by atoms with Crippen molar-refractivity contribution >= 4 is 55.7 Å². The van der Waals surface area contributed by atoms with E-state index in [1.807, 2.05) is 102 Å². The number of nitrogens with zero attached hydrogens (tertiary/aromatic N) is 2. The molecule has 0 atom stereocenters. The van der Waals surface area contributed by atoms with Crippen LogP contribution < -0.4 is 15.6 Å². The van der Waals surface area contributed by atoms with Crippen molar-refractivity contribution in [3.63, 3.8) is 0 Å². The molecule has 1 N–H and O–H groups in total. The van der Waals surface area contributed by atoms with Gasteiger partial charge in [0, 0.05) is 16.6 Å². The molecule has 0 spiro atoms. The van der Waals surface area contributed by atoms with Crippen molar-refractivity contribution in [3.8, 4) is 22.6 Å². The molecule has 0 fully saturated rings. The number of thiophene rings is 1. The molecule has 0 unspecified atom stereocenters. The average Bonchev–Trinajstić information content (AvgIpc) is 3.41. The molecule has 39 heavy (non-hydrogen) atoms. The van der Waals surface area contributed by atoms with Gasteiger partial charge in [0.1, 0.15) is 10.6 Å². The molecule has 192 valence electrons. The van der Waals surface area contributed by atoms with Crippen LogP contribution in [0.25, 0.3) is 37.8 Å². The van der Waals surface area contributed by atoms with Crippen LogP contribution in [0.5, 0.6) is 5.75 Å². The summed E-state index contributed by atoms with van der Waals surface area (Å²) in [5.74, 6) is 0.682. The van der Waals surface area contributed by atoms with E-state index >= 15 is 0 Å². The quantitative estimate of drug-likeness (QED) is 0.171. The summed E-state index contributed by atoms with van der Waals surface area (Å²) < 4.78 is 6.88. The molecule has 6 aromatic rings. The number of ether oxygens (including phenoxy) is 1. The number of nitrogens with one attached hydrogen (secondary N) is 1. The summed E-state index contributed by atoms with van der Waals surface area (Å²) in [6.45, 7) is 0. The second kappa shape index (κ2) is 10.8. The number of hydrogen-bond acceptors (Lipinski definition) is 6. The number of rotatable bonds is 7. The predicted octanol–water partition coefficient (Wildman–Crippen LogP) is 7.01. The largest absolute Gasteiger partial charge is 0.497 e. The maximum absolute atomic E-state index is 14.0. The van der Waals surface area contributed by atoms with E-state index in [-0.39, 0.29) is 17.2 Å². The number of carbonyl (C=O) groups is 1. The van der Waals surface area contributed by atoms with E-state index in [0.717, 1.165) is 33.3 Å². The third-order valence-corrected chi connectivity index (χ3v) is 8.17. The van der Waals surface area contributed by atoms with Crippen molar-refractivity contribution in [2.45, 2.75) is 5.16 Å². The summed E-state index contributed by atoms with van der Waals surface area (Å²) in [6.07, 6.45) is 0. The topological polar surface area (TPSA) is 73.2 Å². The van der Waals surface area contributed by atoms with Gasteiger partial charge in [-0.1, -0.05) is 72.4 Å². The Hall–Kier alpha value is -4.40. The van der Waals surface area contributed by atoms with Gasteiger partial charge in [0.25, 0.3) is 5.56 Å². The molecular weight excluding hydrogens is 526 g/mol. The fraction of sp³-hybridized carbons (Fsp3) is 0.0645. The van der Waals surface area contributed by atoms with Crippen molar-refractivity contribution in [1.82, 2.24) is 9.55 Å². The van der Waals surface area contributed by atoms with Crippen LogP contribution in [0.1, 0.15) is 0 Å². The van der Waals surface area contributed by atoms with E-state index < -0.39 is 0 Å². The highest BCUT2D eigenvalue weighted by Crippen LogP contribution is 2.34. The molecule has 4 aromatic carbocycles. The molecule has 0 saturated heterocycles. The summed E-state index contributed by atoms with van der Waals surface area (Å²) in [5, 5.41) is 8.11. The van der Waals surface area contributed by atoms with Gasteiger partial charge < -0.3 is 10.1 Å². The number of hydrogen-bond donors (Lipinski definition) is 1. The third-order valence-electron chi connectivity index (χ3n) is 6.36. The van der Waals surface area contributed by atoms with Crippen LogP contribution in [-0.4, -0.2) is 28.3 Å². The van der Waals surface area contributed by atoms with Crippen LogP contribution in [0.4, 0.5) is 5.69 Å². The van der Waals surface area contributed by atoms with E-state index in [4.69, 9.17) is 9.72 Å². The highest BCUT2D eigenvalue weighted by atomic mass is 32.2. The van der Waals surface area contributed by atoms with Crippen molar-refractivity contribution in [1.29, 1.82) is 0 Å². The number of para-hydroxylation sites is 1. The number of fused-ring (bicyclic) bond motifs is 2. The lowest BCUT2D eigenvalue weighted by atomic mass is 10.1. The third kappa shape index (κ3) is 5.04. The average molecular weight is 550 g/mol. The minimum Gasteiger partial charge on any atom is -0.497 e. The highest BCUT2D eigenvalue weighted by Gasteiger charge is 2.19. The van der Waals surface area contributed by atoms with Crippen molar-refractivity contribution in [3.05, 3.63) is 113 Å². The van der Waals surface area contributed by atoms with Crippen LogP contribution in [0.2, 0.25) is 0 Å². The van der Waals surface area contributed by atoms with Gasteiger partial charge in [0.05, 0.1) is 23.9 Å². The number of thioether (sulfide) groups is 1. The molecule has 0 saturated carbocycles. The monoisotopic (exact) mass is 549 g/mol. The zero-order valence-electron chi connectivity index (χ0n) is 21.0. The molecule has 0 bridgehead atoms. The summed E-state index contributed by atoms with van der Waals surface area (Å²) in [5.41, 5.74) is 2.99. The number of anilines is 1. The Morgan fingerprint density at radius 2 is 1.69 bits per heavy atom. The molecule has 0 aliphatic carbocycles. The molecule has 2 aromatic heterocycles. The Labute approximate surface area is 232 Å². The lowest BCUT2D eigenvalue weighted by Crippen LogP contribution is -2.22. The van der Waals surface area contributed by atoms with Crippen molar-refractivity contribution < 1.29 is 9.53 Å². The molecule has 1 amide bonds. The van der Waals surface area contributed by atoms with Gasteiger partial charge in [0.2, 0.25) is 5.91 Å². The summed E-state index contributed by atoms with van der Waals surface area (Å²) in [7, 11) is 1.62. The van der Waals surface area contributed by atoms with Crippen LogP contribution in [0, 0.1) is 0 Å². The summed E-state index contributed by atoms with van der Waals surface area (Å²) >= 11 is 2.66. The number of amides is 1. The van der Waals surface area contributed by atoms with Gasteiger partial charge in [-0.15, -0.1) is 11.3 Å². The van der Waals surface area contributed by atoms with Gasteiger partial charge in [-0.25, -0.2) is 4.98 Å². The number of benzene rings is 4. The summed E-state index contributed by atoms with van der Waals surface area (Å²) in [4.78, 5) is 32.4. The van der Waals surface area contributed by atoms with Crippen LogP contribution >= 0.6 is 23.1 Å². The number of methoxy groups -OCH3 is 1. The minimum absolute atomic E-state index is 0.105. The number of aromatic nitrogens is 2. The van der Waals surface area contributed by atoms with E-state index in [1.165, 1.54) is 23.1 Å². The second-order valence-corrected chi connectivity index (χ2v) is 10.6. The van der Waals surface area contributed by atoms with E-state index in [1.54, 1.807) is 11.7 Å². The Morgan fingerprint density at radius 3 is 2.46 bits per heavy atom. The van der Waals surface area contributed by atoms with Gasteiger partial charge in [-0.3, -0.25) is 14.2 Å². The highest BCUT2D eigenvalue weighted by molar-refractivity contribution is 7.99. The van der Waals surface area contributed by atoms with Crippen LogP contribution in [-0.2, 0) is 4.79 Å². The second-order valence-electron chi connectivity index (χ2n) is 8.83. The van der Waals surface area contributed by atoms with Gasteiger partial charge in [0.15, 0.2) is 5.16 Å².